The molecule has 0 fully saturated rings. The molecule has 1 unspecified atom stereocenters. The molecule has 106 valence electrons. The van der Waals surface area contributed by atoms with Crippen LogP contribution in [0.5, 0.6) is 0 Å². The number of thiazole rings is 1. The molecular weight excluding hydrogens is 272 g/mol. The molecule has 5 heteroatoms. The summed E-state index contributed by atoms with van der Waals surface area (Å²) in [5.41, 5.74) is 1.87. The van der Waals surface area contributed by atoms with E-state index in [1.807, 2.05) is 44.2 Å². The van der Waals surface area contributed by atoms with Gasteiger partial charge in [-0.1, -0.05) is 18.2 Å². The van der Waals surface area contributed by atoms with E-state index < -0.39 is 11.9 Å². The molecule has 0 aliphatic rings. The molecule has 20 heavy (non-hydrogen) atoms. The van der Waals surface area contributed by atoms with Crippen LogP contribution in [-0.2, 0) is 11.3 Å². The summed E-state index contributed by atoms with van der Waals surface area (Å²) in [6, 6.07) is 9.71. The molecule has 0 saturated heterocycles. The second kappa shape index (κ2) is 6.05. The van der Waals surface area contributed by atoms with Crippen molar-refractivity contribution in [3.63, 3.8) is 0 Å². The van der Waals surface area contributed by atoms with Crippen molar-refractivity contribution in [1.29, 1.82) is 0 Å². The summed E-state index contributed by atoms with van der Waals surface area (Å²) in [5, 5.41) is 9.19. The van der Waals surface area contributed by atoms with Crippen LogP contribution in [0.1, 0.15) is 30.3 Å². The lowest BCUT2D eigenvalue weighted by Gasteiger charge is -2.06. The maximum Gasteiger partial charge on any atom is 0.311 e. The highest BCUT2D eigenvalue weighted by molar-refractivity contribution is 7.09. The minimum atomic E-state index is -0.802. The number of aromatic nitrogens is 1. The maximum absolute atomic E-state index is 11.2. The zero-order valence-electron chi connectivity index (χ0n) is 11.8. The number of carbonyl (C=O) groups is 1. The van der Waals surface area contributed by atoms with Gasteiger partial charge in [0.15, 0.2) is 4.80 Å². The molecule has 2 rings (SSSR count). The molecular formula is C15H18N2O2S. The Morgan fingerprint density at radius 3 is 2.60 bits per heavy atom. The van der Waals surface area contributed by atoms with Crippen molar-refractivity contribution in [2.45, 2.75) is 33.2 Å². The fourth-order valence-electron chi connectivity index (χ4n) is 2.09. The van der Waals surface area contributed by atoms with E-state index in [4.69, 9.17) is 0 Å². The van der Waals surface area contributed by atoms with Gasteiger partial charge < -0.3 is 9.67 Å². The highest BCUT2D eigenvalue weighted by Gasteiger charge is 2.20. The second-order valence-electron chi connectivity index (χ2n) is 4.59. The van der Waals surface area contributed by atoms with Gasteiger partial charge in [0, 0.05) is 17.1 Å². The smallest absolute Gasteiger partial charge is 0.311 e. The molecule has 0 saturated carbocycles. The molecule has 1 heterocycles. The highest BCUT2D eigenvalue weighted by Crippen LogP contribution is 2.23. The van der Waals surface area contributed by atoms with E-state index >= 15 is 0 Å². The lowest BCUT2D eigenvalue weighted by Crippen LogP contribution is -2.14. The van der Waals surface area contributed by atoms with Crippen LogP contribution >= 0.6 is 11.3 Å². The molecule has 0 radical (unpaired) electrons. The topological polar surface area (TPSA) is 54.6 Å². The lowest BCUT2D eigenvalue weighted by molar-refractivity contribution is -0.138. The Labute approximate surface area is 122 Å². The van der Waals surface area contributed by atoms with E-state index in [1.165, 1.54) is 11.3 Å². The molecule has 0 aliphatic carbocycles. The summed E-state index contributed by atoms with van der Waals surface area (Å²) in [4.78, 5) is 17.5. The molecule has 1 atom stereocenters. The van der Waals surface area contributed by atoms with Gasteiger partial charge in [0.25, 0.3) is 0 Å². The molecule has 0 bridgehead atoms. The minimum Gasteiger partial charge on any atom is -0.481 e. The van der Waals surface area contributed by atoms with Crippen LogP contribution in [0.25, 0.3) is 0 Å². The average Bonchev–Trinajstić information content (AvgIpc) is 2.75. The van der Waals surface area contributed by atoms with Crippen LogP contribution < -0.4 is 4.80 Å². The van der Waals surface area contributed by atoms with Crippen molar-refractivity contribution in [1.82, 2.24) is 4.57 Å². The SMILES string of the molecule is CCn1c(C)c(C(C)C(=O)O)sc1=Nc1ccccc1. The van der Waals surface area contributed by atoms with Crippen molar-refractivity contribution < 1.29 is 9.90 Å². The van der Waals surface area contributed by atoms with Gasteiger partial charge in [-0.3, -0.25) is 4.79 Å². The summed E-state index contributed by atoms with van der Waals surface area (Å²) < 4.78 is 2.06. The maximum atomic E-state index is 11.2. The predicted octanol–water partition coefficient (Wildman–Crippen LogP) is 3.30. The van der Waals surface area contributed by atoms with Gasteiger partial charge in [-0.05, 0) is 32.9 Å². The van der Waals surface area contributed by atoms with Crippen LogP contribution in [0, 0.1) is 6.92 Å². The normalized spacial score (nSPS) is 13.4. The Balaban J connectivity index is 2.57. The number of carboxylic acids is 1. The zero-order valence-corrected chi connectivity index (χ0v) is 12.6. The van der Waals surface area contributed by atoms with Gasteiger partial charge in [0.2, 0.25) is 0 Å². The Morgan fingerprint density at radius 2 is 2.05 bits per heavy atom. The van der Waals surface area contributed by atoms with Crippen LogP contribution in [0.2, 0.25) is 0 Å². The monoisotopic (exact) mass is 290 g/mol. The first kappa shape index (κ1) is 14.5. The number of para-hydroxylation sites is 1. The first-order valence-electron chi connectivity index (χ1n) is 6.57. The number of nitrogens with zero attached hydrogens (tertiary/aromatic N) is 2. The first-order valence-corrected chi connectivity index (χ1v) is 7.39. The van der Waals surface area contributed by atoms with E-state index in [2.05, 4.69) is 9.56 Å². The van der Waals surface area contributed by atoms with Crippen LogP contribution in [0.3, 0.4) is 0 Å². The standard InChI is InChI=1S/C15H18N2O2S/c1-4-17-11(3)13(10(2)14(18)19)20-15(17)16-12-8-6-5-7-9-12/h5-10H,4H2,1-3H3,(H,18,19). The van der Waals surface area contributed by atoms with E-state index in [-0.39, 0.29) is 0 Å². The Hall–Kier alpha value is -1.88. The molecule has 2 aromatic rings. The van der Waals surface area contributed by atoms with Crippen molar-refractivity contribution in [2.75, 3.05) is 0 Å². The Bertz CT molecular complexity index is 671. The lowest BCUT2D eigenvalue weighted by atomic mass is 10.1. The summed E-state index contributed by atoms with van der Waals surface area (Å²) >= 11 is 1.46. The summed E-state index contributed by atoms with van der Waals surface area (Å²) in [5.74, 6) is -1.30. The summed E-state index contributed by atoms with van der Waals surface area (Å²) in [7, 11) is 0. The van der Waals surface area contributed by atoms with Crippen LogP contribution in [-0.4, -0.2) is 15.6 Å². The predicted molar refractivity (Wildman–Crippen MR) is 80.4 cm³/mol. The molecule has 4 nitrogen and oxygen atoms in total. The van der Waals surface area contributed by atoms with E-state index in [9.17, 15) is 9.90 Å². The molecule has 1 aromatic carbocycles. The zero-order chi connectivity index (χ0) is 14.7. The fourth-order valence-corrected chi connectivity index (χ4v) is 3.35. The van der Waals surface area contributed by atoms with E-state index in [0.29, 0.717) is 0 Å². The third-order valence-electron chi connectivity index (χ3n) is 3.25. The van der Waals surface area contributed by atoms with Gasteiger partial charge in [-0.25, -0.2) is 4.99 Å². The number of hydrogen-bond acceptors (Lipinski definition) is 3. The van der Waals surface area contributed by atoms with Gasteiger partial charge in [-0.15, -0.1) is 11.3 Å². The fraction of sp³-hybridized carbons (Fsp3) is 0.333. The second-order valence-corrected chi connectivity index (χ2v) is 5.59. The quantitative estimate of drug-likeness (QED) is 0.939. The Morgan fingerprint density at radius 1 is 1.40 bits per heavy atom. The Kier molecular flexibility index (Phi) is 4.39. The van der Waals surface area contributed by atoms with Crippen molar-refractivity contribution in [3.05, 3.63) is 45.7 Å². The van der Waals surface area contributed by atoms with Crippen molar-refractivity contribution in [3.8, 4) is 0 Å². The van der Waals surface area contributed by atoms with Crippen molar-refractivity contribution >= 4 is 23.0 Å². The van der Waals surface area contributed by atoms with Crippen LogP contribution in [0.15, 0.2) is 35.3 Å². The van der Waals surface area contributed by atoms with E-state index in [1.54, 1.807) is 6.92 Å². The first-order chi connectivity index (χ1) is 9.54. The van der Waals surface area contributed by atoms with Gasteiger partial charge >= 0.3 is 5.97 Å². The summed E-state index contributed by atoms with van der Waals surface area (Å²) in [6.07, 6.45) is 0. The van der Waals surface area contributed by atoms with E-state index in [0.717, 1.165) is 27.6 Å². The third-order valence-corrected chi connectivity index (χ3v) is 4.62. The highest BCUT2D eigenvalue weighted by atomic mass is 32.1. The number of aliphatic carboxylic acids is 1. The largest absolute Gasteiger partial charge is 0.481 e. The average molecular weight is 290 g/mol. The molecule has 0 amide bonds. The molecule has 1 aromatic heterocycles. The van der Waals surface area contributed by atoms with Gasteiger partial charge in [0.1, 0.15) is 0 Å². The molecule has 1 N–H and O–H groups in total. The van der Waals surface area contributed by atoms with Crippen molar-refractivity contribution in [2.24, 2.45) is 4.99 Å². The number of carboxylic acid groups (broad SMARTS) is 1. The molecule has 0 aliphatic heterocycles. The van der Waals surface area contributed by atoms with Crippen LogP contribution in [0.4, 0.5) is 5.69 Å². The van der Waals surface area contributed by atoms with Gasteiger partial charge in [0.05, 0.1) is 11.6 Å². The minimum absolute atomic E-state index is 0.502. The van der Waals surface area contributed by atoms with Gasteiger partial charge in [-0.2, -0.15) is 0 Å². The number of hydrogen-bond donors (Lipinski definition) is 1. The third kappa shape index (κ3) is 2.82. The number of rotatable bonds is 4. The summed E-state index contributed by atoms with van der Waals surface area (Å²) in [6.45, 7) is 6.49. The molecule has 0 spiro atoms. The number of benzene rings is 1.